The lowest BCUT2D eigenvalue weighted by atomic mass is 10.3. The van der Waals surface area contributed by atoms with E-state index >= 15 is 0 Å². The molecule has 18 heavy (non-hydrogen) atoms. The van der Waals surface area contributed by atoms with Crippen molar-refractivity contribution in [1.29, 1.82) is 0 Å². The van der Waals surface area contributed by atoms with Gasteiger partial charge in [0.15, 0.2) is 5.82 Å². The maximum absolute atomic E-state index is 13.5. The zero-order valence-electron chi connectivity index (χ0n) is 10.5. The van der Waals surface area contributed by atoms with Gasteiger partial charge in [0.1, 0.15) is 0 Å². The molecule has 1 unspecified atom stereocenters. The molecule has 0 aliphatic heterocycles. The molecule has 0 bridgehead atoms. The van der Waals surface area contributed by atoms with Crippen LogP contribution in [0.4, 0.5) is 10.1 Å². The van der Waals surface area contributed by atoms with Crippen LogP contribution >= 0.6 is 11.6 Å². The summed E-state index contributed by atoms with van der Waals surface area (Å²) in [6.07, 6.45) is 1.37. The van der Waals surface area contributed by atoms with Crippen molar-refractivity contribution in [2.45, 2.75) is 25.9 Å². The standard InChI is InChI=1S/C13H19ClFNO2/c1-2-3-7-18-9-10(17)8-16-12-6-4-5-11(14)13(12)15/h4-6,10,16-17H,2-3,7-9H2,1H3. The van der Waals surface area contributed by atoms with Crippen molar-refractivity contribution < 1.29 is 14.2 Å². The molecule has 0 saturated heterocycles. The molecule has 1 aromatic carbocycles. The Kier molecular flexibility index (Phi) is 7.01. The number of ether oxygens (including phenoxy) is 1. The van der Waals surface area contributed by atoms with Crippen molar-refractivity contribution in [3.63, 3.8) is 0 Å². The minimum atomic E-state index is -0.666. The molecule has 102 valence electrons. The predicted octanol–water partition coefficient (Wildman–Crippen LogP) is 3.07. The third kappa shape index (κ3) is 5.21. The molecule has 1 atom stereocenters. The number of hydrogen-bond acceptors (Lipinski definition) is 3. The van der Waals surface area contributed by atoms with E-state index in [2.05, 4.69) is 12.2 Å². The minimum Gasteiger partial charge on any atom is -0.389 e. The van der Waals surface area contributed by atoms with Crippen LogP contribution in [0.2, 0.25) is 5.02 Å². The quantitative estimate of drug-likeness (QED) is 0.717. The molecular formula is C13H19ClFNO2. The van der Waals surface area contributed by atoms with E-state index < -0.39 is 11.9 Å². The van der Waals surface area contributed by atoms with E-state index in [0.717, 1.165) is 12.8 Å². The van der Waals surface area contributed by atoms with Crippen LogP contribution in [0.15, 0.2) is 18.2 Å². The van der Waals surface area contributed by atoms with E-state index in [1.807, 2.05) is 0 Å². The average molecular weight is 276 g/mol. The molecule has 3 nitrogen and oxygen atoms in total. The first-order chi connectivity index (χ1) is 8.65. The van der Waals surface area contributed by atoms with Gasteiger partial charge in [-0.05, 0) is 18.6 Å². The SMILES string of the molecule is CCCCOCC(O)CNc1cccc(Cl)c1F. The van der Waals surface area contributed by atoms with Gasteiger partial charge >= 0.3 is 0 Å². The van der Waals surface area contributed by atoms with Crippen LogP contribution in [-0.4, -0.2) is 31.0 Å². The van der Waals surface area contributed by atoms with Gasteiger partial charge in [-0.2, -0.15) is 0 Å². The highest BCUT2D eigenvalue weighted by Gasteiger charge is 2.08. The Bertz CT molecular complexity index is 363. The first-order valence-electron chi connectivity index (χ1n) is 6.08. The summed E-state index contributed by atoms with van der Waals surface area (Å²) in [6, 6.07) is 4.70. The Balaban J connectivity index is 2.29. The summed E-state index contributed by atoms with van der Waals surface area (Å²) in [5.41, 5.74) is 0.287. The molecule has 5 heteroatoms. The molecule has 0 aliphatic rings. The Morgan fingerprint density at radius 1 is 1.50 bits per heavy atom. The summed E-state index contributed by atoms with van der Waals surface area (Å²) in [7, 11) is 0. The third-order valence-electron chi connectivity index (χ3n) is 2.43. The lowest BCUT2D eigenvalue weighted by Gasteiger charge is -2.13. The van der Waals surface area contributed by atoms with Gasteiger partial charge in [0.2, 0.25) is 0 Å². The molecule has 0 spiro atoms. The van der Waals surface area contributed by atoms with E-state index in [-0.39, 0.29) is 23.9 Å². The molecular weight excluding hydrogens is 257 g/mol. The zero-order chi connectivity index (χ0) is 13.4. The molecule has 0 radical (unpaired) electrons. The Labute approximate surface area is 112 Å². The molecule has 1 rings (SSSR count). The highest BCUT2D eigenvalue weighted by Crippen LogP contribution is 2.21. The molecule has 0 aromatic heterocycles. The molecule has 0 fully saturated rings. The first-order valence-corrected chi connectivity index (χ1v) is 6.46. The normalized spacial score (nSPS) is 12.4. The van der Waals surface area contributed by atoms with Crippen LogP contribution in [0.3, 0.4) is 0 Å². The van der Waals surface area contributed by atoms with E-state index in [9.17, 15) is 9.50 Å². The second-order valence-electron chi connectivity index (χ2n) is 4.06. The number of aliphatic hydroxyl groups is 1. The van der Waals surface area contributed by atoms with Gasteiger partial charge in [-0.1, -0.05) is 31.0 Å². The largest absolute Gasteiger partial charge is 0.389 e. The maximum Gasteiger partial charge on any atom is 0.164 e. The lowest BCUT2D eigenvalue weighted by molar-refractivity contribution is 0.0421. The van der Waals surface area contributed by atoms with E-state index in [0.29, 0.717) is 6.61 Å². The highest BCUT2D eigenvalue weighted by atomic mass is 35.5. The predicted molar refractivity (Wildman–Crippen MR) is 71.6 cm³/mol. The summed E-state index contributed by atoms with van der Waals surface area (Å²) in [6.45, 7) is 3.18. The highest BCUT2D eigenvalue weighted by molar-refractivity contribution is 6.31. The Morgan fingerprint density at radius 3 is 3.00 bits per heavy atom. The van der Waals surface area contributed by atoms with Gasteiger partial charge in [0.25, 0.3) is 0 Å². The summed E-state index contributed by atoms with van der Waals surface area (Å²) in [5, 5.41) is 12.5. The topological polar surface area (TPSA) is 41.5 Å². The van der Waals surface area contributed by atoms with Crippen molar-refractivity contribution in [3.8, 4) is 0 Å². The van der Waals surface area contributed by atoms with E-state index in [4.69, 9.17) is 16.3 Å². The molecule has 1 aromatic rings. The zero-order valence-corrected chi connectivity index (χ0v) is 11.2. The number of aliphatic hydroxyl groups excluding tert-OH is 1. The number of benzene rings is 1. The number of anilines is 1. The fraction of sp³-hybridized carbons (Fsp3) is 0.538. The average Bonchev–Trinajstić information content (AvgIpc) is 2.36. The molecule has 2 N–H and O–H groups in total. The maximum atomic E-state index is 13.5. The lowest BCUT2D eigenvalue weighted by Crippen LogP contribution is -2.25. The molecule has 0 saturated carbocycles. The summed E-state index contributed by atoms with van der Waals surface area (Å²) >= 11 is 5.65. The summed E-state index contributed by atoms with van der Waals surface area (Å²) < 4.78 is 18.8. The van der Waals surface area contributed by atoms with Crippen molar-refractivity contribution in [1.82, 2.24) is 0 Å². The summed E-state index contributed by atoms with van der Waals surface area (Å²) in [5.74, 6) is -0.502. The fourth-order valence-electron chi connectivity index (χ4n) is 1.39. The van der Waals surface area contributed by atoms with Crippen LogP contribution < -0.4 is 5.32 Å². The number of halogens is 2. The van der Waals surface area contributed by atoms with E-state index in [1.54, 1.807) is 12.1 Å². The second-order valence-corrected chi connectivity index (χ2v) is 4.47. The number of nitrogens with one attached hydrogen (secondary N) is 1. The van der Waals surface area contributed by atoms with Gasteiger partial charge in [-0.25, -0.2) is 4.39 Å². The first kappa shape index (κ1) is 15.2. The van der Waals surface area contributed by atoms with Gasteiger partial charge in [-0.15, -0.1) is 0 Å². The van der Waals surface area contributed by atoms with Gasteiger partial charge in [-0.3, -0.25) is 0 Å². The number of unbranched alkanes of at least 4 members (excludes halogenated alkanes) is 1. The third-order valence-corrected chi connectivity index (χ3v) is 2.72. The molecule has 0 heterocycles. The Morgan fingerprint density at radius 2 is 2.28 bits per heavy atom. The Hall–Kier alpha value is -0.840. The van der Waals surface area contributed by atoms with Gasteiger partial charge < -0.3 is 15.2 Å². The van der Waals surface area contributed by atoms with Crippen LogP contribution in [0.1, 0.15) is 19.8 Å². The van der Waals surface area contributed by atoms with Gasteiger partial charge in [0, 0.05) is 13.2 Å². The van der Waals surface area contributed by atoms with Crippen LogP contribution in [0.25, 0.3) is 0 Å². The van der Waals surface area contributed by atoms with E-state index in [1.165, 1.54) is 6.07 Å². The van der Waals surface area contributed by atoms with Crippen LogP contribution in [0, 0.1) is 5.82 Å². The van der Waals surface area contributed by atoms with Crippen molar-refractivity contribution in [2.75, 3.05) is 25.1 Å². The molecule has 0 aliphatic carbocycles. The van der Waals surface area contributed by atoms with Crippen molar-refractivity contribution >= 4 is 17.3 Å². The van der Waals surface area contributed by atoms with Crippen LogP contribution in [0.5, 0.6) is 0 Å². The van der Waals surface area contributed by atoms with Crippen molar-refractivity contribution in [3.05, 3.63) is 29.0 Å². The minimum absolute atomic E-state index is 0.0636. The van der Waals surface area contributed by atoms with Gasteiger partial charge in [0.05, 0.1) is 23.4 Å². The fourth-order valence-corrected chi connectivity index (χ4v) is 1.57. The summed E-state index contributed by atoms with van der Waals surface area (Å²) in [4.78, 5) is 0. The van der Waals surface area contributed by atoms with Crippen molar-refractivity contribution in [2.24, 2.45) is 0 Å². The monoisotopic (exact) mass is 275 g/mol. The smallest absolute Gasteiger partial charge is 0.164 e. The van der Waals surface area contributed by atoms with Crippen LogP contribution in [-0.2, 0) is 4.74 Å². The number of rotatable bonds is 8. The molecule has 0 amide bonds. The number of hydrogen-bond donors (Lipinski definition) is 2. The second kappa shape index (κ2) is 8.29.